The van der Waals surface area contributed by atoms with E-state index >= 15 is 0 Å². The summed E-state index contributed by atoms with van der Waals surface area (Å²) in [5, 5.41) is 11.1. The number of aryl methyl sites for hydroxylation is 1. The van der Waals surface area contributed by atoms with E-state index in [9.17, 15) is 22.8 Å². The summed E-state index contributed by atoms with van der Waals surface area (Å²) in [4.78, 5) is 28.9. The van der Waals surface area contributed by atoms with Crippen molar-refractivity contribution in [3.63, 3.8) is 0 Å². The van der Waals surface area contributed by atoms with Gasteiger partial charge in [0.2, 0.25) is 0 Å². The molecule has 0 atom stereocenters. The Bertz CT molecular complexity index is 1320. The number of benzene rings is 2. The number of para-hydroxylation sites is 1. The molecule has 2 aromatic carbocycles. The molecule has 35 heavy (non-hydrogen) atoms. The van der Waals surface area contributed by atoms with Crippen LogP contribution in [0.15, 0.2) is 48.5 Å². The van der Waals surface area contributed by atoms with Crippen molar-refractivity contribution in [3.8, 4) is 11.6 Å². The second kappa shape index (κ2) is 8.57. The summed E-state index contributed by atoms with van der Waals surface area (Å²) in [5.74, 6) is -0.111. The highest BCUT2D eigenvalue weighted by Crippen LogP contribution is 2.37. The second-order valence-corrected chi connectivity index (χ2v) is 8.25. The van der Waals surface area contributed by atoms with Crippen LogP contribution < -0.4 is 15.0 Å². The first-order chi connectivity index (χ1) is 16.7. The lowest BCUT2D eigenvalue weighted by molar-refractivity contribution is -0.138. The summed E-state index contributed by atoms with van der Waals surface area (Å²) in [7, 11) is 0. The van der Waals surface area contributed by atoms with Gasteiger partial charge < -0.3 is 19.9 Å². The highest BCUT2D eigenvalue weighted by molar-refractivity contribution is 6.08. The van der Waals surface area contributed by atoms with Gasteiger partial charge in [0, 0.05) is 32.2 Å². The van der Waals surface area contributed by atoms with Crippen LogP contribution in [-0.4, -0.2) is 53.1 Å². The number of carbonyl (C=O) groups is 2. The molecular weight excluding hydrogens is 463 g/mol. The van der Waals surface area contributed by atoms with Crippen molar-refractivity contribution >= 4 is 23.3 Å². The van der Waals surface area contributed by atoms with Crippen molar-refractivity contribution in [2.24, 2.45) is 0 Å². The third-order valence-electron chi connectivity index (χ3n) is 6.03. The average molecular weight is 483 g/mol. The maximum Gasteiger partial charge on any atom is 0.417 e. The van der Waals surface area contributed by atoms with Gasteiger partial charge in [-0.3, -0.25) is 9.59 Å². The Balaban J connectivity index is 1.32. The van der Waals surface area contributed by atoms with Crippen LogP contribution >= 0.6 is 0 Å². The van der Waals surface area contributed by atoms with Gasteiger partial charge in [0.1, 0.15) is 5.56 Å². The fourth-order valence-electron chi connectivity index (χ4n) is 4.16. The van der Waals surface area contributed by atoms with Crippen molar-refractivity contribution in [3.05, 3.63) is 70.8 Å². The first kappa shape index (κ1) is 22.6. The predicted octanol–water partition coefficient (Wildman–Crippen LogP) is 4.12. The number of amides is 2. The molecule has 3 aromatic rings. The number of anilines is 2. The molecule has 1 fully saturated rings. The lowest BCUT2D eigenvalue weighted by Crippen LogP contribution is -2.49. The van der Waals surface area contributed by atoms with E-state index in [1.54, 1.807) is 18.2 Å². The molecule has 1 aromatic heterocycles. The normalized spacial score (nSPS) is 15.5. The standard InChI is InChI=1S/C24H20F3N5O3/c1-14-5-4-8-18-20(14)28-21(33)16-13-19(29-30-22(16)35-18)31-9-11-32(12-10-31)23(34)15-6-2-3-7-17(15)24(25,26)27/h2-8,13H,9-12H2,1H3,(H,28,33). The molecule has 2 aliphatic rings. The summed E-state index contributed by atoms with van der Waals surface area (Å²) in [6.45, 7) is 2.86. The summed E-state index contributed by atoms with van der Waals surface area (Å²) in [5.41, 5.74) is 0.282. The smallest absolute Gasteiger partial charge is 0.417 e. The minimum atomic E-state index is -4.62. The van der Waals surface area contributed by atoms with Crippen LogP contribution in [0.3, 0.4) is 0 Å². The minimum absolute atomic E-state index is 0.0770. The summed E-state index contributed by atoms with van der Waals surface area (Å²) in [6, 6.07) is 11.7. The molecule has 8 nitrogen and oxygen atoms in total. The van der Waals surface area contributed by atoms with Crippen LogP contribution in [0.4, 0.5) is 24.7 Å². The van der Waals surface area contributed by atoms with Gasteiger partial charge in [-0.15, -0.1) is 10.2 Å². The number of nitrogens with zero attached hydrogens (tertiary/aromatic N) is 4. The summed E-state index contributed by atoms with van der Waals surface area (Å²) >= 11 is 0. The first-order valence-corrected chi connectivity index (χ1v) is 10.9. The topological polar surface area (TPSA) is 87.7 Å². The van der Waals surface area contributed by atoms with Gasteiger partial charge in [-0.1, -0.05) is 24.3 Å². The number of halogens is 3. The average Bonchev–Trinajstić information content (AvgIpc) is 2.99. The summed E-state index contributed by atoms with van der Waals surface area (Å²) < 4.78 is 45.8. The van der Waals surface area contributed by atoms with Crippen molar-refractivity contribution in [2.75, 3.05) is 36.4 Å². The van der Waals surface area contributed by atoms with Crippen molar-refractivity contribution in [1.29, 1.82) is 0 Å². The van der Waals surface area contributed by atoms with Gasteiger partial charge in [-0.2, -0.15) is 13.2 Å². The molecular formula is C24H20F3N5O3. The van der Waals surface area contributed by atoms with Crippen molar-refractivity contribution in [2.45, 2.75) is 13.1 Å². The number of hydrogen-bond donors (Lipinski definition) is 1. The molecule has 180 valence electrons. The molecule has 11 heteroatoms. The fourth-order valence-corrected chi connectivity index (χ4v) is 4.16. The van der Waals surface area contributed by atoms with Crippen LogP contribution in [0.1, 0.15) is 31.8 Å². The highest BCUT2D eigenvalue weighted by Gasteiger charge is 2.36. The number of aromatic nitrogens is 2. The number of carbonyl (C=O) groups excluding carboxylic acids is 2. The van der Waals surface area contributed by atoms with E-state index in [1.165, 1.54) is 23.1 Å². The number of ether oxygens (including phenoxy) is 1. The molecule has 1 N–H and O–H groups in total. The number of fused-ring (bicyclic) bond motifs is 2. The van der Waals surface area contributed by atoms with Gasteiger partial charge in [0.05, 0.1) is 16.8 Å². The lowest BCUT2D eigenvalue weighted by Gasteiger charge is -2.35. The summed E-state index contributed by atoms with van der Waals surface area (Å²) in [6.07, 6.45) is -4.62. The van der Waals surface area contributed by atoms with Crippen molar-refractivity contribution < 1.29 is 27.5 Å². The Morgan fingerprint density at radius 3 is 2.51 bits per heavy atom. The van der Waals surface area contributed by atoms with Gasteiger partial charge in [0.15, 0.2) is 11.6 Å². The van der Waals surface area contributed by atoms with E-state index in [0.29, 0.717) is 30.3 Å². The molecule has 5 rings (SSSR count). The molecule has 0 spiro atoms. The zero-order valence-corrected chi connectivity index (χ0v) is 18.6. The van der Waals surface area contributed by atoms with Gasteiger partial charge in [-0.25, -0.2) is 0 Å². The molecule has 2 aliphatic heterocycles. The van der Waals surface area contributed by atoms with E-state index in [2.05, 4.69) is 15.5 Å². The Morgan fingerprint density at radius 2 is 1.77 bits per heavy atom. The van der Waals surface area contributed by atoms with Crippen LogP contribution in [0.25, 0.3) is 0 Å². The third kappa shape index (κ3) is 4.25. The number of rotatable bonds is 2. The SMILES string of the molecule is Cc1cccc2c1NC(=O)c1cc(N3CCN(C(=O)c4ccccc4C(F)(F)F)CC3)nnc1O2. The Hall–Kier alpha value is -4.15. The van der Waals surface area contributed by atoms with Gasteiger partial charge in [0.25, 0.3) is 17.7 Å². The Labute approximate surface area is 198 Å². The number of nitrogens with one attached hydrogen (secondary N) is 1. The van der Waals surface area contributed by atoms with E-state index in [0.717, 1.165) is 11.6 Å². The molecule has 0 unspecified atom stereocenters. The second-order valence-electron chi connectivity index (χ2n) is 8.25. The molecule has 0 saturated carbocycles. The first-order valence-electron chi connectivity index (χ1n) is 10.9. The van der Waals surface area contributed by atoms with Crippen molar-refractivity contribution in [1.82, 2.24) is 15.1 Å². The highest BCUT2D eigenvalue weighted by atomic mass is 19.4. The van der Waals surface area contributed by atoms with Crippen LogP contribution in [-0.2, 0) is 6.18 Å². The molecule has 0 bridgehead atoms. The number of piperazine rings is 1. The van der Waals surface area contributed by atoms with E-state index < -0.39 is 17.6 Å². The van der Waals surface area contributed by atoms with E-state index in [1.807, 2.05) is 17.9 Å². The van der Waals surface area contributed by atoms with Gasteiger partial charge in [-0.05, 0) is 30.7 Å². The third-order valence-corrected chi connectivity index (χ3v) is 6.03. The minimum Gasteiger partial charge on any atom is -0.435 e. The lowest BCUT2D eigenvalue weighted by atomic mass is 10.1. The molecule has 0 radical (unpaired) electrons. The molecule has 1 saturated heterocycles. The maximum absolute atomic E-state index is 13.3. The quantitative estimate of drug-likeness (QED) is 0.590. The Morgan fingerprint density at radius 1 is 1.03 bits per heavy atom. The largest absolute Gasteiger partial charge is 0.435 e. The van der Waals surface area contributed by atoms with Gasteiger partial charge >= 0.3 is 6.18 Å². The number of alkyl halides is 3. The molecule has 3 heterocycles. The number of hydrogen-bond acceptors (Lipinski definition) is 6. The molecule has 0 aliphatic carbocycles. The zero-order chi connectivity index (χ0) is 24.7. The van der Waals surface area contributed by atoms with Crippen LogP contribution in [0.5, 0.6) is 11.6 Å². The van der Waals surface area contributed by atoms with E-state index in [-0.39, 0.29) is 36.0 Å². The maximum atomic E-state index is 13.3. The molecule has 2 amide bonds. The van der Waals surface area contributed by atoms with Crippen LogP contribution in [0.2, 0.25) is 0 Å². The van der Waals surface area contributed by atoms with E-state index in [4.69, 9.17) is 4.74 Å². The van der Waals surface area contributed by atoms with Crippen LogP contribution in [0, 0.1) is 6.92 Å². The fraction of sp³-hybridized carbons (Fsp3) is 0.250. The Kier molecular flexibility index (Phi) is 5.54. The zero-order valence-electron chi connectivity index (χ0n) is 18.6. The predicted molar refractivity (Wildman–Crippen MR) is 121 cm³/mol. The monoisotopic (exact) mass is 483 g/mol.